The number of pyridine rings is 3. The summed E-state index contributed by atoms with van der Waals surface area (Å²) in [6.07, 6.45) is 9.50. The fourth-order valence-electron chi connectivity index (χ4n) is 8.68. The van der Waals surface area contributed by atoms with Gasteiger partial charge >= 0.3 is 0 Å². The minimum atomic E-state index is 0.632. The molecule has 3 aromatic heterocycles. The van der Waals surface area contributed by atoms with Crippen LogP contribution >= 0.6 is 0 Å². The van der Waals surface area contributed by atoms with Crippen LogP contribution in [0.4, 0.5) is 0 Å². The highest BCUT2D eigenvalue weighted by molar-refractivity contribution is 5.84. The molecule has 66 heavy (non-hydrogen) atoms. The number of rotatable bonds is 13. The zero-order valence-corrected chi connectivity index (χ0v) is 36.6. The predicted octanol–water partition coefficient (Wildman–Crippen LogP) is 15.0. The van der Waals surface area contributed by atoms with Crippen molar-refractivity contribution in [2.75, 3.05) is 0 Å². The largest absolute Gasteiger partial charge is 0.256 e. The van der Waals surface area contributed by atoms with E-state index in [4.69, 9.17) is 15.0 Å². The lowest BCUT2D eigenvalue weighted by Crippen LogP contribution is -1.99. The molecule has 0 bridgehead atoms. The van der Waals surface area contributed by atoms with Crippen LogP contribution in [0.25, 0.3) is 78.3 Å². The molecule has 0 amide bonds. The first-order valence-corrected chi connectivity index (χ1v) is 22.5. The average Bonchev–Trinajstić information content (AvgIpc) is 3.40. The van der Waals surface area contributed by atoms with E-state index < -0.39 is 0 Å². The van der Waals surface area contributed by atoms with Gasteiger partial charge in [0.05, 0.1) is 28.7 Å². The minimum absolute atomic E-state index is 0.632. The monoisotopic (exact) mass is 846 g/mol. The molecule has 0 aliphatic heterocycles. The molecule has 0 aliphatic carbocycles. The van der Waals surface area contributed by atoms with Gasteiger partial charge in [-0.2, -0.15) is 5.26 Å². The van der Waals surface area contributed by atoms with Crippen LogP contribution in [0, 0.1) is 11.3 Å². The highest BCUT2D eigenvalue weighted by Gasteiger charge is 2.13. The molecule has 7 aromatic carbocycles. The van der Waals surface area contributed by atoms with Gasteiger partial charge in [-0.25, -0.2) is 0 Å². The number of aryl methyl sites for hydroxylation is 4. The molecular formula is C62H46N4. The smallest absolute Gasteiger partial charge is 0.0991 e. The molecular weight excluding hydrogens is 801 g/mol. The molecule has 4 nitrogen and oxygen atoms in total. The van der Waals surface area contributed by atoms with Crippen LogP contribution in [-0.4, -0.2) is 15.0 Å². The van der Waals surface area contributed by atoms with Crippen LogP contribution in [0.5, 0.6) is 0 Å². The Hall–Kier alpha value is -8.52. The Morgan fingerprint density at radius 3 is 1.30 bits per heavy atom. The summed E-state index contributed by atoms with van der Waals surface area (Å²) >= 11 is 0. The molecule has 0 spiro atoms. The van der Waals surface area contributed by atoms with Crippen LogP contribution in [0.2, 0.25) is 0 Å². The van der Waals surface area contributed by atoms with E-state index in [1.54, 1.807) is 0 Å². The van der Waals surface area contributed by atoms with Crippen molar-refractivity contribution in [3.63, 3.8) is 0 Å². The maximum absolute atomic E-state index is 9.40. The average molecular weight is 847 g/mol. The van der Waals surface area contributed by atoms with E-state index in [9.17, 15) is 5.26 Å². The van der Waals surface area contributed by atoms with Crippen molar-refractivity contribution >= 4 is 0 Å². The molecule has 0 atom stereocenters. The topological polar surface area (TPSA) is 62.5 Å². The Balaban J connectivity index is 0.910. The van der Waals surface area contributed by atoms with E-state index in [0.717, 1.165) is 76.1 Å². The standard InChI is InChI=1S/C62H46N4/c63-40-48-11-9-17-54(38-48)61-33-26-45(42-65-61)22-24-47-35-46(23-21-44-25-32-60(64-41-44)52-14-5-2-6-15-52)36-57(37-47)59-20-8-7-19-58(59)56-31-34-62(66-43-56)55-18-10-16-53(39-55)51-29-27-50(28-30-51)49-12-3-1-4-13-49/h1-20,25-39,41-43H,21-24H2. The zero-order chi connectivity index (χ0) is 44.5. The molecule has 0 fully saturated rings. The van der Waals surface area contributed by atoms with Gasteiger partial charge < -0.3 is 0 Å². The summed E-state index contributed by atoms with van der Waals surface area (Å²) in [7, 11) is 0. The summed E-state index contributed by atoms with van der Waals surface area (Å²) in [4.78, 5) is 14.6. The number of hydrogen-bond donors (Lipinski definition) is 0. The first-order valence-electron chi connectivity index (χ1n) is 22.5. The van der Waals surface area contributed by atoms with E-state index in [0.29, 0.717) is 5.56 Å². The summed E-state index contributed by atoms with van der Waals surface area (Å²) in [5.41, 5.74) is 20.9. The van der Waals surface area contributed by atoms with Crippen molar-refractivity contribution in [2.45, 2.75) is 25.7 Å². The molecule has 0 saturated heterocycles. The second kappa shape index (κ2) is 19.5. The molecule has 3 heterocycles. The molecule has 0 N–H and O–H groups in total. The Kier molecular flexibility index (Phi) is 12.2. The number of nitrogens with zero attached hydrogens (tertiary/aromatic N) is 4. The van der Waals surface area contributed by atoms with E-state index in [2.05, 4.69) is 182 Å². The van der Waals surface area contributed by atoms with E-state index in [1.807, 2.05) is 55.0 Å². The maximum atomic E-state index is 9.40. The van der Waals surface area contributed by atoms with Gasteiger partial charge in [0, 0.05) is 40.8 Å². The van der Waals surface area contributed by atoms with Gasteiger partial charge in [-0.15, -0.1) is 0 Å². The van der Waals surface area contributed by atoms with Gasteiger partial charge in [0.1, 0.15) is 0 Å². The summed E-state index contributed by atoms with van der Waals surface area (Å²) in [6, 6.07) is 76.7. The third-order valence-electron chi connectivity index (χ3n) is 12.3. The molecule has 314 valence electrons. The molecule has 10 rings (SSSR count). The van der Waals surface area contributed by atoms with Crippen LogP contribution in [-0.2, 0) is 25.7 Å². The highest BCUT2D eigenvalue weighted by Crippen LogP contribution is 2.35. The summed E-state index contributed by atoms with van der Waals surface area (Å²) in [5.74, 6) is 0. The molecule has 4 heteroatoms. The first-order chi connectivity index (χ1) is 32.6. The van der Waals surface area contributed by atoms with Gasteiger partial charge in [0.2, 0.25) is 0 Å². The Morgan fingerprint density at radius 2 is 0.727 bits per heavy atom. The van der Waals surface area contributed by atoms with Crippen LogP contribution < -0.4 is 0 Å². The third-order valence-corrected chi connectivity index (χ3v) is 12.3. The maximum Gasteiger partial charge on any atom is 0.0991 e. The quantitative estimate of drug-likeness (QED) is 0.116. The van der Waals surface area contributed by atoms with Crippen molar-refractivity contribution in [3.8, 4) is 84.3 Å². The number of nitriles is 1. The molecule has 0 aliphatic rings. The van der Waals surface area contributed by atoms with Crippen LogP contribution in [0.15, 0.2) is 231 Å². The van der Waals surface area contributed by atoms with E-state index in [1.165, 1.54) is 50.1 Å². The van der Waals surface area contributed by atoms with E-state index >= 15 is 0 Å². The summed E-state index contributed by atoms with van der Waals surface area (Å²) in [5, 5.41) is 9.40. The third kappa shape index (κ3) is 9.67. The van der Waals surface area contributed by atoms with Crippen molar-refractivity contribution < 1.29 is 0 Å². The normalized spacial score (nSPS) is 11.0. The van der Waals surface area contributed by atoms with Crippen molar-refractivity contribution in [1.82, 2.24) is 15.0 Å². The Bertz CT molecular complexity index is 3260. The summed E-state index contributed by atoms with van der Waals surface area (Å²) in [6.45, 7) is 0. The lowest BCUT2D eigenvalue weighted by molar-refractivity contribution is 0.923. The van der Waals surface area contributed by atoms with Gasteiger partial charge in [0.15, 0.2) is 0 Å². The lowest BCUT2D eigenvalue weighted by Gasteiger charge is -2.15. The molecule has 10 aromatic rings. The van der Waals surface area contributed by atoms with Crippen molar-refractivity contribution in [2.24, 2.45) is 0 Å². The highest BCUT2D eigenvalue weighted by atomic mass is 14.7. The second-order valence-corrected chi connectivity index (χ2v) is 16.7. The second-order valence-electron chi connectivity index (χ2n) is 16.7. The summed E-state index contributed by atoms with van der Waals surface area (Å²) < 4.78 is 0. The predicted molar refractivity (Wildman–Crippen MR) is 270 cm³/mol. The van der Waals surface area contributed by atoms with Crippen LogP contribution in [0.3, 0.4) is 0 Å². The van der Waals surface area contributed by atoms with Gasteiger partial charge in [0.25, 0.3) is 0 Å². The fraction of sp³-hybridized carbons (Fsp3) is 0.0645. The van der Waals surface area contributed by atoms with Gasteiger partial charge in [-0.3, -0.25) is 15.0 Å². The number of benzene rings is 7. The van der Waals surface area contributed by atoms with E-state index in [-0.39, 0.29) is 0 Å². The molecule has 0 saturated carbocycles. The van der Waals surface area contributed by atoms with Crippen molar-refractivity contribution in [1.29, 1.82) is 5.26 Å². The SMILES string of the molecule is N#Cc1cccc(-c2ccc(CCc3cc(CCc4ccc(-c5ccccc5)nc4)cc(-c4ccccc4-c4ccc(-c5cccc(-c6ccc(-c7ccccc7)cc6)c5)nc4)c3)cn2)c1. The van der Waals surface area contributed by atoms with Gasteiger partial charge in [-0.05, 0) is 123 Å². The minimum Gasteiger partial charge on any atom is -0.256 e. The number of hydrogen-bond acceptors (Lipinski definition) is 4. The zero-order valence-electron chi connectivity index (χ0n) is 36.6. The fourth-order valence-corrected chi connectivity index (χ4v) is 8.68. The Morgan fingerprint density at radius 1 is 0.288 bits per heavy atom. The Labute approximate surface area is 387 Å². The molecule has 0 unspecified atom stereocenters. The van der Waals surface area contributed by atoms with Crippen molar-refractivity contribution in [3.05, 3.63) is 259 Å². The molecule has 0 radical (unpaired) electrons. The van der Waals surface area contributed by atoms with Crippen LogP contribution in [0.1, 0.15) is 27.8 Å². The number of aromatic nitrogens is 3. The van der Waals surface area contributed by atoms with Gasteiger partial charge in [-0.1, -0.05) is 176 Å². The lowest BCUT2D eigenvalue weighted by atomic mass is 9.90. The first kappa shape index (κ1) is 41.5.